The fraction of sp³-hybridized carbons (Fsp3) is 0.500. The third-order valence-electron chi connectivity index (χ3n) is 3.10. The molecule has 0 spiro atoms. The van der Waals surface area contributed by atoms with Crippen LogP contribution in [0, 0.1) is 0 Å². The number of hydrogen-bond donors (Lipinski definition) is 1. The molecule has 1 rings (SSSR count). The van der Waals surface area contributed by atoms with Gasteiger partial charge in [0.1, 0.15) is 5.54 Å². The van der Waals surface area contributed by atoms with E-state index in [4.69, 9.17) is 10.5 Å². The quantitative estimate of drug-likeness (QED) is 0.858. The van der Waals surface area contributed by atoms with Crippen molar-refractivity contribution >= 4 is 5.91 Å². The van der Waals surface area contributed by atoms with Crippen molar-refractivity contribution in [3.8, 4) is 0 Å². The zero-order valence-corrected chi connectivity index (χ0v) is 11.5. The maximum Gasteiger partial charge on any atom is 0.246 e. The lowest BCUT2D eigenvalue weighted by Crippen LogP contribution is -2.51. The molecule has 0 fully saturated rings. The summed E-state index contributed by atoms with van der Waals surface area (Å²) in [6.45, 7) is 4.17. The number of ether oxygens (including phenoxy) is 1. The lowest BCUT2D eigenvalue weighted by molar-refractivity contribution is -0.136. The van der Waals surface area contributed by atoms with Crippen LogP contribution in [0.2, 0.25) is 0 Å². The molecule has 0 aliphatic carbocycles. The lowest BCUT2D eigenvalue weighted by atomic mass is 9.91. The summed E-state index contributed by atoms with van der Waals surface area (Å²) in [5.74, 6) is -0.113. The van der Waals surface area contributed by atoms with Crippen molar-refractivity contribution < 1.29 is 9.53 Å². The predicted octanol–water partition coefficient (Wildman–Crippen LogP) is 1.35. The summed E-state index contributed by atoms with van der Waals surface area (Å²) >= 11 is 0. The van der Waals surface area contributed by atoms with Gasteiger partial charge in [-0.25, -0.2) is 0 Å². The molecule has 18 heavy (non-hydrogen) atoms. The molecule has 4 heteroatoms. The number of nitrogens with two attached hydrogens (primary N) is 1. The Morgan fingerprint density at radius 3 is 2.50 bits per heavy atom. The molecule has 0 aliphatic heterocycles. The highest BCUT2D eigenvalue weighted by molar-refractivity contribution is 5.86. The van der Waals surface area contributed by atoms with Gasteiger partial charge in [-0.1, -0.05) is 30.3 Å². The Hall–Kier alpha value is -1.39. The van der Waals surface area contributed by atoms with Crippen molar-refractivity contribution in [3.05, 3.63) is 35.9 Å². The largest absolute Gasteiger partial charge is 0.380 e. The molecule has 0 radical (unpaired) electrons. The average Bonchev–Trinajstić information content (AvgIpc) is 2.38. The summed E-state index contributed by atoms with van der Waals surface area (Å²) in [6, 6.07) is 9.40. The maximum absolute atomic E-state index is 12.4. The Bertz CT molecular complexity index is 390. The fourth-order valence-electron chi connectivity index (χ4n) is 1.85. The molecule has 100 valence electrons. The highest BCUT2D eigenvalue weighted by atomic mass is 16.5. The molecular formula is C14H22N2O2. The number of hydrogen-bond acceptors (Lipinski definition) is 3. The Labute approximate surface area is 109 Å². The van der Waals surface area contributed by atoms with E-state index < -0.39 is 5.54 Å². The number of likely N-dealkylation sites (N-methyl/N-ethyl adjacent to an activating group) is 1. The van der Waals surface area contributed by atoms with Crippen LogP contribution in [-0.2, 0) is 15.1 Å². The molecule has 0 bridgehead atoms. The molecule has 0 heterocycles. The highest BCUT2D eigenvalue weighted by Crippen LogP contribution is 2.19. The van der Waals surface area contributed by atoms with Crippen molar-refractivity contribution in [3.63, 3.8) is 0 Å². The van der Waals surface area contributed by atoms with E-state index in [0.29, 0.717) is 6.54 Å². The third kappa shape index (κ3) is 3.31. The van der Waals surface area contributed by atoms with Crippen molar-refractivity contribution in [1.29, 1.82) is 0 Å². The van der Waals surface area contributed by atoms with E-state index in [0.717, 1.165) is 5.56 Å². The van der Waals surface area contributed by atoms with Gasteiger partial charge in [-0.05, 0) is 19.4 Å². The van der Waals surface area contributed by atoms with E-state index in [1.165, 1.54) is 0 Å². The van der Waals surface area contributed by atoms with Gasteiger partial charge in [0.2, 0.25) is 5.91 Å². The highest BCUT2D eigenvalue weighted by Gasteiger charge is 2.33. The monoisotopic (exact) mass is 250 g/mol. The smallest absolute Gasteiger partial charge is 0.246 e. The summed E-state index contributed by atoms with van der Waals surface area (Å²) in [7, 11) is 3.37. The number of nitrogens with zero attached hydrogens (tertiary/aromatic N) is 1. The van der Waals surface area contributed by atoms with Gasteiger partial charge in [-0.2, -0.15) is 0 Å². The summed E-state index contributed by atoms with van der Waals surface area (Å²) in [6.07, 6.45) is -0.00877. The molecule has 2 atom stereocenters. The van der Waals surface area contributed by atoms with Gasteiger partial charge in [0.05, 0.1) is 6.10 Å². The first-order chi connectivity index (χ1) is 8.39. The van der Waals surface area contributed by atoms with Crippen LogP contribution < -0.4 is 5.73 Å². The first-order valence-corrected chi connectivity index (χ1v) is 6.02. The van der Waals surface area contributed by atoms with E-state index in [9.17, 15) is 4.79 Å². The molecule has 1 aromatic carbocycles. The minimum absolute atomic E-state index is 0.00877. The van der Waals surface area contributed by atoms with Crippen LogP contribution in [0.5, 0.6) is 0 Å². The maximum atomic E-state index is 12.4. The van der Waals surface area contributed by atoms with Gasteiger partial charge in [0.15, 0.2) is 0 Å². The minimum atomic E-state index is -1.01. The van der Waals surface area contributed by atoms with Crippen LogP contribution >= 0.6 is 0 Å². The Morgan fingerprint density at radius 1 is 1.44 bits per heavy atom. The van der Waals surface area contributed by atoms with Crippen LogP contribution in [0.25, 0.3) is 0 Å². The molecule has 1 amide bonds. The first-order valence-electron chi connectivity index (χ1n) is 6.02. The molecule has 4 nitrogen and oxygen atoms in total. The number of rotatable bonds is 5. The lowest BCUT2D eigenvalue weighted by Gasteiger charge is -2.30. The predicted molar refractivity (Wildman–Crippen MR) is 72.1 cm³/mol. The van der Waals surface area contributed by atoms with Crippen molar-refractivity contribution in [2.75, 3.05) is 20.7 Å². The van der Waals surface area contributed by atoms with Gasteiger partial charge < -0.3 is 15.4 Å². The summed E-state index contributed by atoms with van der Waals surface area (Å²) < 4.78 is 5.15. The van der Waals surface area contributed by atoms with Gasteiger partial charge in [-0.15, -0.1) is 0 Å². The second-order valence-corrected chi connectivity index (χ2v) is 4.80. The molecule has 0 saturated carbocycles. The summed E-state index contributed by atoms with van der Waals surface area (Å²) in [5.41, 5.74) is 5.97. The number of carbonyl (C=O) groups is 1. The van der Waals surface area contributed by atoms with Crippen molar-refractivity contribution in [1.82, 2.24) is 4.90 Å². The molecule has 0 aliphatic rings. The molecule has 2 unspecified atom stereocenters. The Balaban J connectivity index is 2.82. The summed E-state index contributed by atoms with van der Waals surface area (Å²) in [5, 5.41) is 0. The van der Waals surface area contributed by atoms with E-state index >= 15 is 0 Å². The standard InChI is InChI=1S/C14H22N2O2/c1-11(18-4)10-16(3)13(17)14(2,15)12-8-6-5-7-9-12/h5-9,11H,10,15H2,1-4H3. The van der Waals surface area contributed by atoms with Gasteiger partial charge >= 0.3 is 0 Å². The van der Waals surface area contributed by atoms with E-state index in [2.05, 4.69) is 0 Å². The number of carbonyl (C=O) groups excluding carboxylic acids is 1. The van der Waals surface area contributed by atoms with Gasteiger partial charge in [-0.3, -0.25) is 4.79 Å². The number of amides is 1. The number of methoxy groups -OCH3 is 1. The van der Waals surface area contributed by atoms with Crippen LogP contribution in [0.15, 0.2) is 30.3 Å². The average molecular weight is 250 g/mol. The molecule has 2 N–H and O–H groups in total. The fourth-order valence-corrected chi connectivity index (χ4v) is 1.85. The zero-order valence-electron chi connectivity index (χ0n) is 11.5. The first kappa shape index (κ1) is 14.7. The van der Waals surface area contributed by atoms with Crippen LogP contribution in [0.1, 0.15) is 19.4 Å². The topological polar surface area (TPSA) is 55.6 Å². The minimum Gasteiger partial charge on any atom is -0.380 e. The van der Waals surface area contributed by atoms with Crippen molar-refractivity contribution in [2.45, 2.75) is 25.5 Å². The van der Waals surface area contributed by atoms with E-state index in [1.807, 2.05) is 37.3 Å². The van der Waals surface area contributed by atoms with E-state index in [-0.39, 0.29) is 12.0 Å². The van der Waals surface area contributed by atoms with Gasteiger partial charge in [0.25, 0.3) is 0 Å². The Kier molecular flexibility index (Phi) is 4.87. The Morgan fingerprint density at radius 2 is 2.00 bits per heavy atom. The molecule has 0 saturated heterocycles. The zero-order chi connectivity index (χ0) is 13.8. The van der Waals surface area contributed by atoms with Gasteiger partial charge in [0, 0.05) is 20.7 Å². The SMILES string of the molecule is COC(C)CN(C)C(=O)C(C)(N)c1ccccc1. The number of benzene rings is 1. The van der Waals surface area contributed by atoms with Crippen molar-refractivity contribution in [2.24, 2.45) is 5.73 Å². The summed E-state index contributed by atoms with van der Waals surface area (Å²) in [4.78, 5) is 14.0. The molecule has 1 aromatic rings. The van der Waals surface area contributed by atoms with Crippen LogP contribution in [0.4, 0.5) is 0 Å². The van der Waals surface area contributed by atoms with Crippen LogP contribution in [-0.4, -0.2) is 37.6 Å². The second-order valence-electron chi connectivity index (χ2n) is 4.80. The van der Waals surface area contributed by atoms with Crippen LogP contribution in [0.3, 0.4) is 0 Å². The second kappa shape index (κ2) is 5.98. The molecule has 0 aromatic heterocycles. The normalized spacial score (nSPS) is 15.8. The molecular weight excluding hydrogens is 228 g/mol. The van der Waals surface area contributed by atoms with E-state index in [1.54, 1.807) is 26.0 Å². The third-order valence-corrected chi connectivity index (χ3v) is 3.10.